The van der Waals surface area contributed by atoms with Crippen LogP contribution in [0.1, 0.15) is 15.9 Å². The second-order valence-electron chi connectivity index (χ2n) is 7.46. The summed E-state index contributed by atoms with van der Waals surface area (Å²) in [5.41, 5.74) is 1.69. The average Bonchev–Trinajstić information content (AvgIpc) is 2.83. The zero-order valence-corrected chi connectivity index (χ0v) is 17.0. The van der Waals surface area contributed by atoms with Gasteiger partial charge in [-0.1, -0.05) is 48.5 Å². The number of aliphatic carboxylic acids is 1. The number of ketones is 1. The number of hydrogen-bond acceptors (Lipinski definition) is 7. The van der Waals surface area contributed by atoms with Crippen LogP contribution >= 0.6 is 0 Å². The van der Waals surface area contributed by atoms with Gasteiger partial charge in [-0.2, -0.15) is 5.10 Å². The zero-order chi connectivity index (χ0) is 23.1. The second-order valence-corrected chi connectivity index (χ2v) is 7.46. The minimum atomic E-state index is -1.22. The number of carboxylic acids is 1. The first-order valence-electron chi connectivity index (χ1n) is 10.0. The number of nitro groups is 1. The number of nitrogens with zero attached hydrogens (tertiary/aromatic N) is 3. The van der Waals surface area contributed by atoms with Crippen LogP contribution in [0.5, 0.6) is 0 Å². The van der Waals surface area contributed by atoms with E-state index in [4.69, 9.17) is 0 Å². The van der Waals surface area contributed by atoms with Gasteiger partial charge in [0.2, 0.25) is 5.78 Å². The van der Waals surface area contributed by atoms with Crippen LogP contribution in [0.25, 0.3) is 5.57 Å². The number of carbonyl (C=O) groups excluding carboxylic acids is 1. The van der Waals surface area contributed by atoms with Crippen molar-refractivity contribution in [2.24, 2.45) is 5.10 Å². The Labute approximate surface area is 187 Å². The van der Waals surface area contributed by atoms with Crippen molar-refractivity contribution >= 4 is 40.1 Å². The molecule has 0 aliphatic carbocycles. The van der Waals surface area contributed by atoms with Gasteiger partial charge < -0.3 is 10.4 Å². The summed E-state index contributed by atoms with van der Waals surface area (Å²) in [5.74, 6) is -1.65. The maximum Gasteiger partial charge on any atom is 0.354 e. The van der Waals surface area contributed by atoms with Crippen LogP contribution in [0.3, 0.4) is 0 Å². The number of nitrogens with one attached hydrogen (secondary N) is 1. The molecule has 2 heterocycles. The third-order valence-corrected chi connectivity index (χ3v) is 5.52. The molecule has 33 heavy (non-hydrogen) atoms. The van der Waals surface area contributed by atoms with E-state index in [0.717, 1.165) is 0 Å². The fourth-order valence-corrected chi connectivity index (χ4v) is 4.06. The van der Waals surface area contributed by atoms with Crippen LogP contribution in [0.4, 0.5) is 17.1 Å². The molecule has 5 rings (SSSR count). The van der Waals surface area contributed by atoms with E-state index in [0.29, 0.717) is 16.8 Å². The highest BCUT2D eigenvalue weighted by atomic mass is 16.6. The second kappa shape index (κ2) is 7.72. The lowest BCUT2D eigenvalue weighted by Crippen LogP contribution is -2.47. The molecule has 9 nitrogen and oxygen atoms in total. The number of fused-ring (bicyclic) bond motifs is 2. The molecule has 9 heteroatoms. The number of rotatable bonds is 4. The lowest BCUT2D eigenvalue weighted by molar-refractivity contribution is -0.384. The monoisotopic (exact) mass is 440 g/mol. The van der Waals surface area contributed by atoms with E-state index in [1.807, 2.05) is 0 Å². The van der Waals surface area contributed by atoms with Crippen LogP contribution < -0.4 is 10.3 Å². The smallest absolute Gasteiger partial charge is 0.354 e. The van der Waals surface area contributed by atoms with E-state index in [1.165, 1.54) is 23.2 Å². The van der Waals surface area contributed by atoms with Gasteiger partial charge in [0.05, 0.1) is 16.3 Å². The molecule has 1 atom stereocenters. The van der Waals surface area contributed by atoms with Gasteiger partial charge >= 0.3 is 5.97 Å². The van der Waals surface area contributed by atoms with Crippen LogP contribution in [0.2, 0.25) is 0 Å². The Morgan fingerprint density at radius 1 is 1.03 bits per heavy atom. The molecule has 162 valence electrons. The Kier molecular flexibility index (Phi) is 4.71. The molecule has 2 aliphatic heterocycles. The Bertz CT molecular complexity index is 1370. The molecule has 0 saturated heterocycles. The summed E-state index contributed by atoms with van der Waals surface area (Å²) in [4.78, 5) is 36.6. The van der Waals surface area contributed by atoms with Crippen molar-refractivity contribution in [3.63, 3.8) is 0 Å². The SMILES string of the molecule is O=C(O)C1=C(c2ccccc2)C2Nc3cc([N+](=O)[O-])ccc3C(=O)C2=NN1c1ccccc1. The maximum absolute atomic E-state index is 13.4. The van der Waals surface area contributed by atoms with Gasteiger partial charge in [-0.25, -0.2) is 9.80 Å². The lowest BCUT2D eigenvalue weighted by atomic mass is 9.84. The Balaban J connectivity index is 1.77. The number of carboxylic acid groups (broad SMARTS) is 1. The van der Waals surface area contributed by atoms with Crippen LogP contribution in [0, 0.1) is 10.1 Å². The Morgan fingerprint density at radius 3 is 2.33 bits per heavy atom. The zero-order valence-electron chi connectivity index (χ0n) is 17.0. The molecule has 0 fully saturated rings. The van der Waals surface area contributed by atoms with E-state index >= 15 is 0 Å². The average molecular weight is 440 g/mol. The molecular formula is C24H16N4O5. The van der Waals surface area contributed by atoms with Crippen LogP contribution in [0.15, 0.2) is 89.7 Å². The van der Waals surface area contributed by atoms with Crippen LogP contribution in [-0.4, -0.2) is 33.5 Å². The Hall–Kier alpha value is -4.79. The predicted octanol–water partition coefficient (Wildman–Crippen LogP) is 3.94. The first-order valence-corrected chi connectivity index (χ1v) is 10.0. The van der Waals surface area contributed by atoms with Crippen molar-refractivity contribution < 1.29 is 19.6 Å². The maximum atomic E-state index is 13.4. The number of non-ortho nitro benzene ring substituents is 1. The quantitative estimate of drug-likeness (QED) is 0.465. The van der Waals surface area contributed by atoms with Gasteiger partial charge in [-0.3, -0.25) is 14.9 Å². The largest absolute Gasteiger partial charge is 0.476 e. The molecule has 0 spiro atoms. The number of anilines is 2. The first-order chi connectivity index (χ1) is 16.0. The molecule has 2 aliphatic rings. The molecule has 3 aromatic rings. The molecular weight excluding hydrogens is 424 g/mol. The molecule has 0 bridgehead atoms. The minimum absolute atomic E-state index is 0.101. The number of nitro benzene ring substituents is 1. The Morgan fingerprint density at radius 2 is 1.70 bits per heavy atom. The van der Waals surface area contributed by atoms with Crippen molar-refractivity contribution in [1.82, 2.24) is 0 Å². The number of Topliss-reactive ketones (excluding diaryl/α,β-unsaturated/α-hetero) is 1. The number of para-hydroxylation sites is 1. The number of carbonyl (C=O) groups is 2. The standard InChI is InChI=1S/C24H16N4O5/c29-23-17-12-11-16(28(32)33)13-18(17)25-20-19(14-7-3-1-4-8-14)22(24(30)31)27(26-21(20)23)15-9-5-2-6-10-15/h1-13,20,25H,(H,30,31). The summed E-state index contributed by atoms with van der Waals surface area (Å²) in [5, 5.41) is 30.3. The summed E-state index contributed by atoms with van der Waals surface area (Å²) >= 11 is 0. The van der Waals surface area contributed by atoms with Gasteiger partial charge in [0.15, 0.2) is 5.70 Å². The van der Waals surface area contributed by atoms with E-state index < -0.39 is 22.7 Å². The van der Waals surface area contributed by atoms with Gasteiger partial charge in [-0.15, -0.1) is 0 Å². The summed E-state index contributed by atoms with van der Waals surface area (Å²) in [7, 11) is 0. The fourth-order valence-electron chi connectivity index (χ4n) is 4.06. The third-order valence-electron chi connectivity index (χ3n) is 5.52. The van der Waals surface area contributed by atoms with Gasteiger partial charge in [0, 0.05) is 23.3 Å². The van der Waals surface area contributed by atoms with Crippen LogP contribution in [-0.2, 0) is 4.79 Å². The predicted molar refractivity (Wildman–Crippen MR) is 122 cm³/mol. The minimum Gasteiger partial charge on any atom is -0.476 e. The highest BCUT2D eigenvalue weighted by Crippen LogP contribution is 2.39. The van der Waals surface area contributed by atoms with E-state index in [-0.39, 0.29) is 28.3 Å². The van der Waals surface area contributed by atoms with Crippen molar-refractivity contribution in [2.45, 2.75) is 6.04 Å². The molecule has 0 radical (unpaired) electrons. The van der Waals surface area contributed by atoms with E-state index in [2.05, 4.69) is 10.4 Å². The molecule has 1 unspecified atom stereocenters. The molecule has 0 saturated carbocycles. The van der Waals surface area contributed by atoms with Crippen molar-refractivity contribution in [1.29, 1.82) is 0 Å². The fraction of sp³-hybridized carbons (Fsp3) is 0.0417. The van der Waals surface area contributed by atoms with Gasteiger partial charge in [0.25, 0.3) is 5.69 Å². The topological polar surface area (TPSA) is 125 Å². The molecule has 3 aromatic carbocycles. The summed E-state index contributed by atoms with van der Waals surface area (Å²) in [6.45, 7) is 0. The third kappa shape index (κ3) is 3.32. The highest BCUT2D eigenvalue weighted by Gasteiger charge is 2.42. The van der Waals surface area contributed by atoms with E-state index in [1.54, 1.807) is 60.7 Å². The highest BCUT2D eigenvalue weighted by molar-refractivity contribution is 6.53. The molecule has 0 amide bonds. The number of hydrogen-bond donors (Lipinski definition) is 2. The van der Waals surface area contributed by atoms with Gasteiger partial charge in [-0.05, 0) is 23.8 Å². The number of hydrazone groups is 1. The van der Waals surface area contributed by atoms with Crippen molar-refractivity contribution in [3.8, 4) is 0 Å². The summed E-state index contributed by atoms with van der Waals surface area (Å²) in [6.07, 6.45) is 0. The normalized spacial score (nSPS) is 17.0. The van der Waals surface area contributed by atoms with Crippen molar-refractivity contribution in [3.05, 3.63) is 106 Å². The van der Waals surface area contributed by atoms with Crippen molar-refractivity contribution in [2.75, 3.05) is 10.3 Å². The summed E-state index contributed by atoms with van der Waals surface area (Å²) in [6, 6.07) is 20.5. The number of benzene rings is 3. The molecule has 2 N–H and O–H groups in total. The lowest BCUT2D eigenvalue weighted by Gasteiger charge is -2.37. The van der Waals surface area contributed by atoms with E-state index in [9.17, 15) is 24.8 Å². The summed E-state index contributed by atoms with van der Waals surface area (Å²) < 4.78 is 0. The first kappa shape index (κ1) is 20.1. The van der Waals surface area contributed by atoms with Gasteiger partial charge in [0.1, 0.15) is 11.8 Å². The molecule has 0 aromatic heterocycles.